The molecule has 82 valence electrons. The van der Waals surface area contributed by atoms with Gasteiger partial charge in [-0.15, -0.1) is 0 Å². The second-order valence-corrected chi connectivity index (χ2v) is 3.96. The maximum absolute atomic E-state index is 7.23. The minimum atomic E-state index is 0.483. The summed E-state index contributed by atoms with van der Waals surface area (Å²) in [4.78, 5) is 0. The second kappa shape index (κ2) is 4.44. The highest BCUT2D eigenvalue weighted by atomic mass is 79.9. The van der Waals surface area contributed by atoms with E-state index in [-0.39, 0.29) is 0 Å². The lowest BCUT2D eigenvalue weighted by Gasteiger charge is -2.06. The number of aromatic nitrogens is 3. The number of ether oxygens (including phenoxy) is 1. The Morgan fingerprint density at radius 1 is 1.44 bits per heavy atom. The summed E-state index contributed by atoms with van der Waals surface area (Å²) in [6.45, 7) is 0. The number of rotatable bonds is 3. The number of benzene rings is 1. The molecule has 2 rings (SSSR count). The molecule has 0 saturated heterocycles. The van der Waals surface area contributed by atoms with Crippen LogP contribution in [0.25, 0.3) is 11.3 Å². The number of H-pyrrole nitrogens is 1. The Hall–Kier alpha value is -1.69. The third kappa shape index (κ3) is 1.83. The van der Waals surface area contributed by atoms with Crippen LogP contribution in [0.4, 0.5) is 0 Å². The summed E-state index contributed by atoms with van der Waals surface area (Å²) >= 11 is 3.39. The van der Waals surface area contributed by atoms with Crippen LogP contribution in [-0.4, -0.2) is 28.7 Å². The minimum absolute atomic E-state index is 0.483. The van der Waals surface area contributed by atoms with Crippen molar-refractivity contribution in [3.8, 4) is 17.0 Å². The lowest BCUT2D eigenvalue weighted by Crippen LogP contribution is -1.91. The van der Waals surface area contributed by atoms with Gasteiger partial charge in [-0.2, -0.15) is 15.4 Å². The van der Waals surface area contributed by atoms with Crippen molar-refractivity contribution in [2.75, 3.05) is 7.11 Å². The van der Waals surface area contributed by atoms with Gasteiger partial charge < -0.3 is 10.1 Å². The molecule has 0 aliphatic carbocycles. The third-order valence-corrected chi connectivity index (χ3v) is 2.62. The fourth-order valence-corrected chi connectivity index (χ4v) is 1.76. The van der Waals surface area contributed by atoms with E-state index in [0.29, 0.717) is 17.1 Å². The summed E-state index contributed by atoms with van der Waals surface area (Å²) in [6.07, 6.45) is 1.15. The number of halogens is 1. The molecule has 0 amide bonds. The summed E-state index contributed by atoms with van der Waals surface area (Å²) in [5.41, 5.74) is 1.88. The first-order valence-corrected chi connectivity index (χ1v) is 5.30. The average Bonchev–Trinajstić information content (AvgIpc) is 2.76. The lowest BCUT2D eigenvalue weighted by molar-refractivity contribution is 0.416. The molecule has 2 aromatic rings. The van der Waals surface area contributed by atoms with E-state index < -0.39 is 0 Å². The first-order valence-electron chi connectivity index (χ1n) is 4.51. The summed E-state index contributed by atoms with van der Waals surface area (Å²) in [6, 6.07) is 5.60. The zero-order valence-electron chi connectivity index (χ0n) is 8.49. The van der Waals surface area contributed by atoms with Crippen LogP contribution in [0, 0.1) is 5.41 Å². The van der Waals surface area contributed by atoms with Gasteiger partial charge in [0.2, 0.25) is 0 Å². The van der Waals surface area contributed by atoms with Gasteiger partial charge in [0.05, 0.1) is 7.11 Å². The fraction of sp³-hybridized carbons (Fsp3) is 0.100. The summed E-state index contributed by atoms with van der Waals surface area (Å²) in [5, 5.41) is 17.6. The first-order chi connectivity index (χ1) is 7.76. The standard InChI is InChI=1S/C10H9BrN4O/c1-16-9-3-2-6(11)4-7(9)10-8(5-12)13-15-14-10/h2-5,12H,1H3,(H,13,14,15). The van der Waals surface area contributed by atoms with Crippen LogP contribution in [0.1, 0.15) is 5.69 Å². The Morgan fingerprint density at radius 2 is 2.25 bits per heavy atom. The van der Waals surface area contributed by atoms with Crippen molar-refractivity contribution in [2.45, 2.75) is 0 Å². The van der Waals surface area contributed by atoms with E-state index in [2.05, 4.69) is 31.3 Å². The Balaban J connectivity index is 2.62. The molecule has 0 aliphatic rings. The van der Waals surface area contributed by atoms with E-state index in [1.807, 2.05) is 18.2 Å². The fourth-order valence-electron chi connectivity index (χ4n) is 1.40. The van der Waals surface area contributed by atoms with Crippen molar-refractivity contribution in [2.24, 2.45) is 0 Å². The quantitative estimate of drug-likeness (QED) is 0.847. The van der Waals surface area contributed by atoms with Crippen molar-refractivity contribution < 1.29 is 4.74 Å². The van der Waals surface area contributed by atoms with E-state index in [9.17, 15) is 0 Å². The number of methoxy groups -OCH3 is 1. The van der Waals surface area contributed by atoms with Gasteiger partial charge in [0.15, 0.2) is 0 Å². The third-order valence-electron chi connectivity index (χ3n) is 2.13. The van der Waals surface area contributed by atoms with Gasteiger partial charge in [-0.25, -0.2) is 0 Å². The van der Waals surface area contributed by atoms with Crippen molar-refractivity contribution in [3.63, 3.8) is 0 Å². The zero-order chi connectivity index (χ0) is 11.5. The summed E-state index contributed by atoms with van der Waals surface area (Å²) in [7, 11) is 1.59. The maximum atomic E-state index is 7.23. The molecule has 2 N–H and O–H groups in total. The largest absolute Gasteiger partial charge is 0.496 e. The van der Waals surface area contributed by atoms with E-state index >= 15 is 0 Å². The zero-order valence-corrected chi connectivity index (χ0v) is 10.1. The monoisotopic (exact) mass is 280 g/mol. The highest BCUT2D eigenvalue weighted by Crippen LogP contribution is 2.32. The van der Waals surface area contributed by atoms with Crippen LogP contribution in [0.5, 0.6) is 5.75 Å². The van der Waals surface area contributed by atoms with E-state index in [0.717, 1.165) is 16.3 Å². The number of nitrogens with one attached hydrogen (secondary N) is 2. The highest BCUT2D eigenvalue weighted by Gasteiger charge is 2.13. The van der Waals surface area contributed by atoms with Crippen LogP contribution in [0.15, 0.2) is 22.7 Å². The number of hydrogen-bond donors (Lipinski definition) is 2. The Bertz CT molecular complexity index is 523. The van der Waals surface area contributed by atoms with Crippen LogP contribution in [-0.2, 0) is 0 Å². The van der Waals surface area contributed by atoms with E-state index in [4.69, 9.17) is 10.1 Å². The van der Waals surface area contributed by atoms with Gasteiger partial charge >= 0.3 is 0 Å². The molecule has 0 fully saturated rings. The maximum Gasteiger partial charge on any atom is 0.131 e. The van der Waals surface area contributed by atoms with Crippen LogP contribution in [0.2, 0.25) is 0 Å². The molecule has 0 saturated carbocycles. The summed E-state index contributed by atoms with van der Waals surface area (Å²) < 4.78 is 6.16. The van der Waals surface area contributed by atoms with E-state index in [1.54, 1.807) is 7.11 Å². The van der Waals surface area contributed by atoms with Crippen LogP contribution < -0.4 is 4.74 Å². The van der Waals surface area contributed by atoms with Crippen molar-refractivity contribution in [3.05, 3.63) is 28.4 Å². The molecular formula is C10H9BrN4O. The van der Waals surface area contributed by atoms with Crippen LogP contribution in [0.3, 0.4) is 0 Å². The smallest absolute Gasteiger partial charge is 0.131 e. The van der Waals surface area contributed by atoms with Gasteiger partial charge in [0.1, 0.15) is 17.1 Å². The van der Waals surface area contributed by atoms with Gasteiger partial charge in [-0.1, -0.05) is 15.9 Å². The highest BCUT2D eigenvalue weighted by molar-refractivity contribution is 9.10. The molecule has 1 aromatic carbocycles. The van der Waals surface area contributed by atoms with Gasteiger partial charge in [-0.05, 0) is 18.2 Å². The minimum Gasteiger partial charge on any atom is -0.496 e. The Labute approximate surface area is 100 Å². The van der Waals surface area contributed by atoms with Crippen molar-refractivity contribution in [1.82, 2.24) is 15.4 Å². The van der Waals surface area contributed by atoms with Gasteiger partial charge in [-0.3, -0.25) is 0 Å². The van der Waals surface area contributed by atoms with Gasteiger partial charge in [0, 0.05) is 16.3 Å². The molecule has 0 bridgehead atoms. The molecular weight excluding hydrogens is 272 g/mol. The predicted molar refractivity (Wildman–Crippen MR) is 64.0 cm³/mol. The molecule has 6 heteroatoms. The normalized spacial score (nSPS) is 10.1. The molecule has 1 heterocycles. The van der Waals surface area contributed by atoms with E-state index in [1.165, 1.54) is 0 Å². The van der Waals surface area contributed by atoms with Crippen molar-refractivity contribution in [1.29, 1.82) is 5.41 Å². The SMILES string of the molecule is COc1ccc(Br)cc1-c1n[nH]nc1C=N. The molecule has 0 radical (unpaired) electrons. The van der Waals surface area contributed by atoms with Gasteiger partial charge in [0.25, 0.3) is 0 Å². The molecule has 0 aliphatic heterocycles. The molecule has 1 aromatic heterocycles. The molecule has 0 spiro atoms. The lowest BCUT2D eigenvalue weighted by atomic mass is 10.1. The number of aromatic amines is 1. The molecule has 5 nitrogen and oxygen atoms in total. The second-order valence-electron chi connectivity index (χ2n) is 3.05. The molecule has 0 unspecified atom stereocenters. The predicted octanol–water partition coefficient (Wildman–Crippen LogP) is 2.24. The number of nitrogens with zero attached hydrogens (tertiary/aromatic N) is 2. The Kier molecular flexibility index (Phi) is 3.00. The number of hydrogen-bond acceptors (Lipinski definition) is 4. The topological polar surface area (TPSA) is 74.7 Å². The molecule has 16 heavy (non-hydrogen) atoms. The molecule has 0 atom stereocenters. The Morgan fingerprint density at radius 3 is 2.94 bits per heavy atom. The average molecular weight is 281 g/mol. The van der Waals surface area contributed by atoms with Crippen LogP contribution >= 0.6 is 15.9 Å². The summed E-state index contributed by atoms with van der Waals surface area (Å²) in [5.74, 6) is 0.695. The first kappa shape index (κ1) is 10.8. The van der Waals surface area contributed by atoms with Crippen molar-refractivity contribution >= 4 is 22.1 Å².